The molecule has 35 heavy (non-hydrogen) atoms. The number of primary amides is 1. The minimum absolute atomic E-state index is 0.0471. The Morgan fingerprint density at radius 2 is 1.86 bits per heavy atom. The molecule has 0 atom stereocenters. The van der Waals surface area contributed by atoms with Crippen LogP contribution in [-0.4, -0.2) is 33.9 Å². The van der Waals surface area contributed by atoms with Gasteiger partial charge in [0.25, 0.3) is 11.5 Å². The molecule has 9 nitrogen and oxygen atoms in total. The molecular weight excluding hydrogens is 486 g/mol. The van der Waals surface area contributed by atoms with Crippen LogP contribution in [0.4, 0.5) is 5.00 Å². The highest BCUT2D eigenvalue weighted by Crippen LogP contribution is 2.41. The summed E-state index contributed by atoms with van der Waals surface area (Å²) in [6.45, 7) is 0.0459. The normalized spacial score (nSPS) is 12.5. The van der Waals surface area contributed by atoms with Crippen molar-refractivity contribution in [2.75, 3.05) is 6.54 Å². The van der Waals surface area contributed by atoms with Gasteiger partial charge >= 0.3 is 0 Å². The van der Waals surface area contributed by atoms with E-state index in [1.165, 1.54) is 11.3 Å². The predicted molar refractivity (Wildman–Crippen MR) is 136 cm³/mol. The number of para-hydroxylation sites is 1. The Morgan fingerprint density at radius 3 is 2.63 bits per heavy atom. The van der Waals surface area contributed by atoms with E-state index in [1.807, 2.05) is 36.4 Å². The third-order valence-electron chi connectivity index (χ3n) is 5.42. The first-order chi connectivity index (χ1) is 16.9. The standard InChI is InChI=1S/C24H19N5O4S2/c25-17(30)10-26-22(32)15-12-34-23-20(15)35-28-21(27-23)18-19(31)14-8-4-5-9-16(14)29(24(18)33)11-13-6-2-1-3-7-13/h1-9,12,31H,10-11H2,(H2,25,30)(H,26,32)(H,27,28). The van der Waals surface area contributed by atoms with Crippen molar-refractivity contribution in [3.63, 3.8) is 0 Å². The second-order valence-electron chi connectivity index (χ2n) is 7.71. The van der Waals surface area contributed by atoms with Crippen molar-refractivity contribution in [2.24, 2.45) is 10.7 Å². The summed E-state index contributed by atoms with van der Waals surface area (Å²) >= 11 is 2.33. The monoisotopic (exact) mass is 505 g/mol. The number of fused-ring (bicyclic) bond motifs is 2. The molecular formula is C24H19N5O4S2. The van der Waals surface area contributed by atoms with Crippen LogP contribution in [-0.2, 0) is 11.3 Å². The van der Waals surface area contributed by atoms with Crippen molar-refractivity contribution in [1.29, 1.82) is 0 Å². The van der Waals surface area contributed by atoms with Gasteiger partial charge in [0, 0.05) is 10.8 Å². The van der Waals surface area contributed by atoms with Crippen LogP contribution in [0.1, 0.15) is 21.5 Å². The molecule has 0 radical (unpaired) electrons. The van der Waals surface area contributed by atoms with Crippen LogP contribution in [0.5, 0.6) is 5.75 Å². The number of aromatic nitrogens is 1. The van der Waals surface area contributed by atoms with Gasteiger partial charge in [-0.15, -0.1) is 11.3 Å². The van der Waals surface area contributed by atoms with Crippen LogP contribution in [0, 0.1) is 0 Å². The van der Waals surface area contributed by atoms with Crippen LogP contribution >= 0.6 is 23.3 Å². The maximum atomic E-state index is 13.7. The topological polar surface area (TPSA) is 139 Å². The number of carbonyl (C=O) groups is 2. The number of aliphatic imine (C=N–C) groups is 1. The van der Waals surface area contributed by atoms with Gasteiger partial charge in [0.1, 0.15) is 16.3 Å². The molecule has 5 N–H and O–H groups in total. The Labute approximate surface area is 207 Å². The second-order valence-corrected chi connectivity index (χ2v) is 9.39. The first-order valence-corrected chi connectivity index (χ1v) is 12.2. The maximum Gasteiger partial charge on any atom is 0.266 e. The van der Waals surface area contributed by atoms with E-state index in [-0.39, 0.29) is 23.7 Å². The fourth-order valence-electron chi connectivity index (χ4n) is 3.79. The summed E-state index contributed by atoms with van der Waals surface area (Å²) in [6, 6.07) is 16.7. The van der Waals surface area contributed by atoms with Crippen LogP contribution in [0.2, 0.25) is 0 Å². The number of amides is 2. The largest absolute Gasteiger partial charge is 0.506 e. The Morgan fingerprint density at radius 1 is 1.11 bits per heavy atom. The molecule has 11 heteroatoms. The van der Waals surface area contributed by atoms with Crippen LogP contribution < -0.4 is 21.3 Å². The zero-order valence-electron chi connectivity index (χ0n) is 18.1. The number of hydrogen-bond acceptors (Lipinski definition) is 8. The first-order valence-electron chi connectivity index (χ1n) is 10.5. The van der Waals surface area contributed by atoms with Gasteiger partial charge in [-0.05, 0) is 29.6 Å². The fourth-order valence-corrected chi connectivity index (χ4v) is 5.69. The van der Waals surface area contributed by atoms with Gasteiger partial charge in [-0.1, -0.05) is 42.5 Å². The van der Waals surface area contributed by atoms with Gasteiger partial charge in [-0.3, -0.25) is 14.4 Å². The molecule has 0 spiro atoms. The Balaban J connectivity index is 1.59. The average molecular weight is 506 g/mol. The van der Waals surface area contributed by atoms with E-state index in [2.05, 4.69) is 15.0 Å². The summed E-state index contributed by atoms with van der Waals surface area (Å²) in [5.74, 6) is -1.06. The van der Waals surface area contributed by atoms with Gasteiger partial charge in [0.05, 0.1) is 29.1 Å². The minimum Gasteiger partial charge on any atom is -0.506 e. The molecule has 0 unspecified atom stereocenters. The molecule has 0 aliphatic carbocycles. The summed E-state index contributed by atoms with van der Waals surface area (Å²) in [5.41, 5.74) is 6.64. The van der Waals surface area contributed by atoms with E-state index in [4.69, 9.17) is 5.73 Å². The second kappa shape index (κ2) is 9.28. The molecule has 2 aromatic heterocycles. The van der Waals surface area contributed by atoms with Gasteiger partial charge in [0.15, 0.2) is 5.84 Å². The number of nitrogens with one attached hydrogen (secondary N) is 2. The summed E-state index contributed by atoms with van der Waals surface area (Å²) < 4.78 is 4.62. The van der Waals surface area contributed by atoms with Crippen molar-refractivity contribution in [3.05, 3.63) is 87.0 Å². The van der Waals surface area contributed by atoms with E-state index in [1.54, 1.807) is 28.1 Å². The van der Waals surface area contributed by atoms with Crippen LogP contribution in [0.3, 0.4) is 0 Å². The lowest BCUT2D eigenvalue weighted by atomic mass is 10.1. The summed E-state index contributed by atoms with van der Waals surface area (Å²) in [6.07, 6.45) is 0. The molecule has 0 saturated carbocycles. The van der Waals surface area contributed by atoms with Gasteiger partial charge < -0.3 is 25.4 Å². The molecule has 176 valence electrons. The van der Waals surface area contributed by atoms with Crippen molar-refractivity contribution in [1.82, 2.24) is 14.6 Å². The zero-order valence-corrected chi connectivity index (χ0v) is 19.8. The van der Waals surface area contributed by atoms with E-state index < -0.39 is 17.4 Å². The minimum atomic E-state index is -0.646. The average Bonchev–Trinajstić information content (AvgIpc) is 3.29. The number of carbonyl (C=O) groups excluding carboxylic acids is 2. The Bertz CT molecular complexity index is 1560. The lowest BCUT2D eigenvalue weighted by Crippen LogP contribution is -2.34. The third-order valence-corrected chi connectivity index (χ3v) is 7.34. The van der Waals surface area contributed by atoms with Crippen molar-refractivity contribution in [3.8, 4) is 5.75 Å². The lowest BCUT2D eigenvalue weighted by Gasteiger charge is -2.19. The van der Waals surface area contributed by atoms with Crippen molar-refractivity contribution >= 4 is 56.8 Å². The molecule has 5 rings (SSSR count). The highest BCUT2D eigenvalue weighted by atomic mass is 32.2. The van der Waals surface area contributed by atoms with Crippen molar-refractivity contribution in [2.45, 2.75) is 11.4 Å². The quantitative estimate of drug-likeness (QED) is 0.297. The number of aromatic hydroxyl groups is 1. The van der Waals surface area contributed by atoms with Crippen molar-refractivity contribution < 1.29 is 14.7 Å². The molecule has 0 fully saturated rings. The number of thiophene rings is 1. The highest BCUT2D eigenvalue weighted by Gasteiger charge is 2.27. The van der Waals surface area contributed by atoms with Gasteiger partial charge in [-0.25, -0.2) is 4.99 Å². The van der Waals surface area contributed by atoms with Gasteiger partial charge in [-0.2, -0.15) is 0 Å². The Kier molecular flexibility index (Phi) is 6.01. The van der Waals surface area contributed by atoms with E-state index >= 15 is 0 Å². The molecule has 3 heterocycles. The molecule has 0 bridgehead atoms. The zero-order chi connectivity index (χ0) is 24.5. The summed E-state index contributed by atoms with van der Waals surface area (Å²) in [5, 5.41) is 16.2. The molecule has 4 aromatic rings. The lowest BCUT2D eigenvalue weighted by molar-refractivity contribution is -0.117. The number of hydrogen-bond donors (Lipinski definition) is 4. The summed E-state index contributed by atoms with van der Waals surface area (Å²) in [7, 11) is 0. The molecule has 0 saturated heterocycles. The Hall–Kier alpha value is -4.09. The van der Waals surface area contributed by atoms with E-state index in [9.17, 15) is 19.5 Å². The molecule has 1 aliphatic rings. The van der Waals surface area contributed by atoms with E-state index in [0.717, 1.165) is 17.5 Å². The number of pyridine rings is 1. The number of nitrogens with zero attached hydrogens (tertiary/aromatic N) is 2. The summed E-state index contributed by atoms with van der Waals surface area (Å²) in [4.78, 5) is 42.1. The maximum absolute atomic E-state index is 13.7. The number of nitrogens with two attached hydrogens (primary N) is 1. The van der Waals surface area contributed by atoms with Gasteiger partial charge in [0.2, 0.25) is 5.91 Å². The van der Waals surface area contributed by atoms with Crippen LogP contribution in [0.15, 0.2) is 74.7 Å². The third kappa shape index (κ3) is 4.27. The number of amidine groups is 1. The molecule has 2 amide bonds. The number of rotatable bonds is 6. The SMILES string of the molecule is NC(=O)CNC(=O)c1csc2c1SNC(c1c(O)c3ccccc3n(Cc3ccccc3)c1=O)=N2. The predicted octanol–water partition coefficient (Wildman–Crippen LogP) is 2.72. The number of benzene rings is 2. The smallest absolute Gasteiger partial charge is 0.266 e. The highest BCUT2D eigenvalue weighted by molar-refractivity contribution is 7.98. The molecule has 2 aromatic carbocycles. The fraction of sp³-hybridized carbons (Fsp3) is 0.0833. The molecule has 1 aliphatic heterocycles. The first kappa shape index (κ1) is 22.7. The van der Waals surface area contributed by atoms with E-state index in [0.29, 0.717) is 32.9 Å². The van der Waals surface area contributed by atoms with Crippen LogP contribution in [0.25, 0.3) is 10.9 Å².